The molecule has 2 aliphatic heterocycles. The second-order valence-electron chi connectivity index (χ2n) is 8.70. The number of thioether (sulfide) groups is 1. The van der Waals surface area contributed by atoms with E-state index < -0.39 is 38.5 Å². The molecule has 3 aliphatic rings. The van der Waals surface area contributed by atoms with E-state index in [-0.39, 0.29) is 13.1 Å². The number of fused-ring (bicyclic) bond motifs is 1. The number of Topliss-reactive ketones (excluding diaryl/α,β-unsaturated/α-hetero) is 1. The van der Waals surface area contributed by atoms with Crippen LogP contribution >= 0.6 is 11.8 Å². The molecule has 2 aromatic rings. The van der Waals surface area contributed by atoms with E-state index in [0.717, 1.165) is 27.3 Å². The molecule has 11 nitrogen and oxygen atoms in total. The number of nitrogens with one attached hydrogen (secondary N) is 1. The smallest absolute Gasteiger partial charge is 0.306 e. The first-order valence-corrected chi connectivity index (χ1v) is 13.2. The Kier molecular flexibility index (Phi) is 5.45. The number of aromatic nitrogens is 3. The van der Waals surface area contributed by atoms with Gasteiger partial charge in [0.25, 0.3) is 5.12 Å². The van der Waals surface area contributed by atoms with Crippen molar-refractivity contribution in [1.29, 1.82) is 0 Å². The van der Waals surface area contributed by atoms with Crippen LogP contribution in [0.15, 0.2) is 18.6 Å². The molecule has 2 aromatic heterocycles. The van der Waals surface area contributed by atoms with E-state index in [1.807, 2.05) is 6.07 Å². The summed E-state index contributed by atoms with van der Waals surface area (Å²) >= 11 is 0.940. The van der Waals surface area contributed by atoms with Gasteiger partial charge in [-0.3, -0.25) is 14.4 Å². The predicted octanol–water partition coefficient (Wildman–Crippen LogP) is 0.555. The highest BCUT2D eigenvalue weighted by molar-refractivity contribution is 8.15. The van der Waals surface area contributed by atoms with Crippen molar-refractivity contribution in [3.63, 3.8) is 0 Å². The van der Waals surface area contributed by atoms with Crippen LogP contribution in [0.2, 0.25) is 0 Å². The molecule has 1 unspecified atom stereocenters. The highest BCUT2D eigenvalue weighted by Gasteiger charge is 2.57. The molecular weight excluding hydrogens is 468 g/mol. The van der Waals surface area contributed by atoms with E-state index in [1.54, 1.807) is 6.20 Å². The van der Waals surface area contributed by atoms with E-state index in [4.69, 9.17) is 0 Å². The van der Waals surface area contributed by atoms with Gasteiger partial charge >= 0.3 is 10.2 Å². The molecule has 5 rings (SSSR count). The molecule has 33 heavy (non-hydrogen) atoms. The van der Waals surface area contributed by atoms with Gasteiger partial charge in [-0.15, -0.1) is 0 Å². The van der Waals surface area contributed by atoms with Gasteiger partial charge in [-0.25, -0.2) is 14.3 Å². The fourth-order valence-electron chi connectivity index (χ4n) is 4.71. The maximum atomic E-state index is 13.6. The van der Waals surface area contributed by atoms with E-state index in [1.165, 1.54) is 17.6 Å². The molecule has 1 spiro atoms. The Morgan fingerprint density at radius 2 is 2.09 bits per heavy atom. The Morgan fingerprint density at radius 3 is 2.82 bits per heavy atom. The van der Waals surface area contributed by atoms with Crippen LogP contribution in [0.4, 0.5) is 5.82 Å². The molecule has 1 amide bonds. The summed E-state index contributed by atoms with van der Waals surface area (Å²) in [6, 6.07) is 1.89. The minimum atomic E-state index is -4.16. The highest BCUT2D eigenvalue weighted by Crippen LogP contribution is 2.47. The lowest BCUT2D eigenvalue weighted by molar-refractivity contribution is -0.135. The van der Waals surface area contributed by atoms with Crippen molar-refractivity contribution in [3.8, 4) is 0 Å². The van der Waals surface area contributed by atoms with Crippen molar-refractivity contribution in [2.24, 2.45) is 5.92 Å². The third-order valence-electron chi connectivity index (χ3n) is 6.61. The van der Waals surface area contributed by atoms with Gasteiger partial charge in [-0.05, 0) is 25.3 Å². The Balaban J connectivity index is 1.39. The first-order valence-electron chi connectivity index (χ1n) is 10.8. The standard InChI is InChI=1S/C20H24N6O5S2/c1-13(27)25(10-14-3-9-32-19(29)16(14)28)33(30,31)26-8-7-24(11-20(26)4-5-20)18-15-2-6-21-17(15)22-12-23-18/h2,6,12,14H,3-5,7-11H2,1H3,(H,21,22,23). The number of H-pyrrole nitrogens is 1. The van der Waals surface area contributed by atoms with Gasteiger partial charge in [-0.1, -0.05) is 11.8 Å². The predicted molar refractivity (Wildman–Crippen MR) is 122 cm³/mol. The van der Waals surface area contributed by atoms with Gasteiger partial charge in [0.05, 0.1) is 10.9 Å². The van der Waals surface area contributed by atoms with Crippen LogP contribution in [0.1, 0.15) is 26.2 Å². The minimum Gasteiger partial charge on any atom is -0.353 e. The maximum Gasteiger partial charge on any atom is 0.306 e. The molecule has 0 bridgehead atoms. The van der Waals surface area contributed by atoms with Crippen LogP contribution in [0.3, 0.4) is 0 Å². The molecule has 0 radical (unpaired) electrons. The van der Waals surface area contributed by atoms with Crippen LogP contribution in [0, 0.1) is 5.92 Å². The molecule has 2 saturated heterocycles. The van der Waals surface area contributed by atoms with Crippen molar-refractivity contribution in [2.45, 2.75) is 31.7 Å². The SMILES string of the molecule is CC(=O)N(CC1CCSC(=O)C1=O)S(=O)(=O)N1CCN(c2ncnc3[nH]ccc23)CC12CC2. The number of hydrogen-bond donors (Lipinski definition) is 1. The molecule has 1 saturated carbocycles. The molecule has 176 valence electrons. The maximum absolute atomic E-state index is 13.6. The Morgan fingerprint density at radius 1 is 1.30 bits per heavy atom. The summed E-state index contributed by atoms with van der Waals surface area (Å²) in [6.07, 6.45) is 4.99. The summed E-state index contributed by atoms with van der Waals surface area (Å²) in [7, 11) is -4.16. The third-order valence-corrected chi connectivity index (χ3v) is 9.61. The molecule has 1 aliphatic carbocycles. The van der Waals surface area contributed by atoms with Crippen LogP contribution < -0.4 is 4.90 Å². The van der Waals surface area contributed by atoms with Crippen LogP contribution in [-0.4, -0.2) is 86.3 Å². The number of aromatic amines is 1. The second kappa shape index (κ2) is 8.06. The van der Waals surface area contributed by atoms with Crippen molar-refractivity contribution < 1.29 is 22.8 Å². The molecule has 1 atom stereocenters. The second-order valence-corrected chi connectivity index (χ2v) is 11.5. The van der Waals surface area contributed by atoms with Gasteiger partial charge in [0.2, 0.25) is 11.7 Å². The third kappa shape index (κ3) is 3.81. The molecule has 3 fully saturated rings. The largest absolute Gasteiger partial charge is 0.353 e. The summed E-state index contributed by atoms with van der Waals surface area (Å²) in [5.41, 5.74) is 0.0909. The molecule has 4 heterocycles. The van der Waals surface area contributed by atoms with Gasteiger partial charge in [-0.2, -0.15) is 12.7 Å². The van der Waals surface area contributed by atoms with Crippen molar-refractivity contribution in [2.75, 3.05) is 36.8 Å². The number of ketones is 1. The number of hydrogen-bond acceptors (Lipinski definition) is 9. The Bertz CT molecular complexity index is 1240. The molecule has 1 N–H and O–H groups in total. The topological polar surface area (TPSA) is 137 Å². The molecular formula is C20H24N6O5S2. The number of rotatable bonds is 5. The minimum absolute atomic E-state index is 0.190. The van der Waals surface area contributed by atoms with E-state index in [0.29, 0.717) is 43.8 Å². The van der Waals surface area contributed by atoms with Gasteiger partial charge in [0, 0.05) is 51.0 Å². The van der Waals surface area contributed by atoms with Gasteiger partial charge in [0.15, 0.2) is 0 Å². The van der Waals surface area contributed by atoms with Crippen molar-refractivity contribution >= 4 is 55.6 Å². The first kappa shape index (κ1) is 22.3. The average Bonchev–Trinajstić information content (AvgIpc) is 3.35. The summed E-state index contributed by atoms with van der Waals surface area (Å²) in [5.74, 6) is -0.876. The average molecular weight is 493 g/mol. The fourth-order valence-corrected chi connectivity index (χ4v) is 7.58. The van der Waals surface area contributed by atoms with Crippen LogP contribution in [0.25, 0.3) is 11.0 Å². The fraction of sp³-hybridized carbons (Fsp3) is 0.550. The monoisotopic (exact) mass is 492 g/mol. The molecule has 0 aromatic carbocycles. The zero-order valence-corrected chi connectivity index (χ0v) is 19.7. The van der Waals surface area contributed by atoms with Crippen molar-refractivity contribution in [1.82, 2.24) is 23.6 Å². The van der Waals surface area contributed by atoms with Gasteiger partial charge in [0.1, 0.15) is 17.8 Å². The number of anilines is 1. The Labute approximate surface area is 195 Å². The van der Waals surface area contributed by atoms with Crippen molar-refractivity contribution in [3.05, 3.63) is 18.6 Å². The zero-order chi connectivity index (χ0) is 23.4. The summed E-state index contributed by atoms with van der Waals surface area (Å²) in [4.78, 5) is 50.3. The quantitative estimate of drug-likeness (QED) is 0.593. The number of amides is 1. The highest BCUT2D eigenvalue weighted by atomic mass is 32.2. The molecule has 13 heteroatoms. The Hall–Kier alpha value is -2.51. The van der Waals surface area contributed by atoms with E-state index in [2.05, 4.69) is 19.9 Å². The lowest BCUT2D eigenvalue weighted by atomic mass is 10.0. The summed E-state index contributed by atoms with van der Waals surface area (Å²) in [6.45, 7) is 1.93. The lowest BCUT2D eigenvalue weighted by Crippen LogP contribution is -2.61. The number of carbonyl (C=O) groups excluding carboxylic acids is 3. The van der Waals surface area contributed by atoms with E-state index in [9.17, 15) is 22.8 Å². The number of piperazine rings is 1. The van der Waals surface area contributed by atoms with Crippen LogP contribution in [0.5, 0.6) is 0 Å². The summed E-state index contributed by atoms with van der Waals surface area (Å²) in [5, 5.41) is 0.300. The zero-order valence-electron chi connectivity index (χ0n) is 18.1. The normalized spacial score (nSPS) is 23.3. The number of nitrogens with zero attached hydrogens (tertiary/aromatic N) is 5. The number of carbonyl (C=O) groups is 3. The van der Waals surface area contributed by atoms with E-state index >= 15 is 0 Å². The first-order chi connectivity index (χ1) is 15.7. The summed E-state index contributed by atoms with van der Waals surface area (Å²) < 4.78 is 29.5. The van der Waals surface area contributed by atoms with Gasteiger partial charge < -0.3 is 9.88 Å². The van der Waals surface area contributed by atoms with Crippen LogP contribution in [-0.2, 0) is 24.6 Å². The lowest BCUT2D eigenvalue weighted by Gasteiger charge is -2.43.